The third-order valence-corrected chi connectivity index (χ3v) is 6.88. The molecule has 2 nitrogen and oxygen atoms in total. The standard InChI is InChI=1S/C20H39N2.BrH/c1-22(16-9-4-10-17-22)18-15-21(19-11-5-2-6-12-19)20-13-7-3-8-14-20;/h19-20H,2-18H2,1H3;1H/q+1;/p-1. The van der Waals surface area contributed by atoms with Gasteiger partial charge >= 0.3 is 0 Å². The largest absolute Gasteiger partial charge is 1.00 e. The van der Waals surface area contributed by atoms with Crippen LogP contribution in [-0.4, -0.2) is 54.7 Å². The van der Waals surface area contributed by atoms with E-state index in [0.29, 0.717) is 0 Å². The highest BCUT2D eigenvalue weighted by atomic mass is 79.9. The van der Waals surface area contributed by atoms with Crippen molar-refractivity contribution < 1.29 is 21.5 Å². The summed E-state index contributed by atoms with van der Waals surface area (Å²) < 4.78 is 1.36. The van der Waals surface area contributed by atoms with Crippen LogP contribution in [0.25, 0.3) is 0 Å². The van der Waals surface area contributed by atoms with Gasteiger partial charge in [-0.15, -0.1) is 0 Å². The lowest BCUT2D eigenvalue weighted by atomic mass is 9.88. The SMILES string of the molecule is C[N+]1(CCN(C2CCCCC2)C2CCCCC2)CCCCC1.[Br-]. The Hall–Kier alpha value is 0.400. The summed E-state index contributed by atoms with van der Waals surface area (Å²) in [7, 11) is 2.53. The average Bonchev–Trinajstić information content (AvgIpc) is 2.58. The second-order valence-corrected chi connectivity index (χ2v) is 8.67. The number of halogens is 1. The monoisotopic (exact) mass is 386 g/mol. The lowest BCUT2D eigenvalue weighted by Gasteiger charge is -2.45. The van der Waals surface area contributed by atoms with Gasteiger partial charge in [0.1, 0.15) is 0 Å². The predicted molar refractivity (Wildman–Crippen MR) is 95.1 cm³/mol. The van der Waals surface area contributed by atoms with Crippen LogP contribution >= 0.6 is 0 Å². The van der Waals surface area contributed by atoms with E-state index >= 15 is 0 Å². The molecule has 3 rings (SSSR count). The number of hydrogen-bond donors (Lipinski definition) is 0. The van der Waals surface area contributed by atoms with Gasteiger partial charge in [-0.05, 0) is 44.9 Å². The van der Waals surface area contributed by atoms with Crippen molar-refractivity contribution in [2.45, 2.75) is 95.6 Å². The molecular formula is C20H39BrN2. The van der Waals surface area contributed by atoms with E-state index in [1.165, 1.54) is 114 Å². The van der Waals surface area contributed by atoms with E-state index in [-0.39, 0.29) is 17.0 Å². The summed E-state index contributed by atoms with van der Waals surface area (Å²) in [6.07, 6.45) is 19.3. The lowest BCUT2D eigenvalue weighted by molar-refractivity contribution is -0.913. The van der Waals surface area contributed by atoms with Crippen LogP contribution in [0.15, 0.2) is 0 Å². The summed E-state index contributed by atoms with van der Waals surface area (Å²) in [6.45, 7) is 5.66. The van der Waals surface area contributed by atoms with Crippen molar-refractivity contribution in [3.63, 3.8) is 0 Å². The summed E-state index contributed by atoms with van der Waals surface area (Å²) >= 11 is 0. The summed E-state index contributed by atoms with van der Waals surface area (Å²) in [5.41, 5.74) is 0. The Morgan fingerprint density at radius 3 is 1.61 bits per heavy atom. The molecular weight excluding hydrogens is 348 g/mol. The number of likely N-dealkylation sites (N-methyl/N-ethyl adjacent to an activating group) is 1. The van der Waals surface area contributed by atoms with Gasteiger partial charge in [0.25, 0.3) is 0 Å². The first-order valence-corrected chi connectivity index (χ1v) is 10.4. The van der Waals surface area contributed by atoms with Crippen molar-refractivity contribution in [3.05, 3.63) is 0 Å². The maximum atomic E-state index is 3.01. The molecule has 0 unspecified atom stereocenters. The fraction of sp³-hybridized carbons (Fsp3) is 1.00. The fourth-order valence-corrected chi connectivity index (χ4v) is 5.34. The quantitative estimate of drug-likeness (QED) is 0.648. The van der Waals surface area contributed by atoms with Gasteiger partial charge in [-0.1, -0.05) is 38.5 Å². The molecule has 2 saturated carbocycles. The Kier molecular flexibility index (Phi) is 8.38. The molecule has 0 radical (unpaired) electrons. The molecule has 0 aromatic rings. The minimum atomic E-state index is 0. The van der Waals surface area contributed by atoms with Crippen molar-refractivity contribution in [1.29, 1.82) is 0 Å². The first-order valence-electron chi connectivity index (χ1n) is 10.4. The fourth-order valence-electron chi connectivity index (χ4n) is 5.34. The van der Waals surface area contributed by atoms with Gasteiger partial charge < -0.3 is 21.5 Å². The summed E-state index contributed by atoms with van der Waals surface area (Å²) in [6, 6.07) is 1.85. The van der Waals surface area contributed by atoms with Crippen LogP contribution in [0.3, 0.4) is 0 Å². The van der Waals surface area contributed by atoms with E-state index < -0.39 is 0 Å². The Labute approximate surface area is 155 Å². The molecule has 0 bridgehead atoms. The maximum absolute atomic E-state index is 3.01. The number of nitrogens with zero attached hydrogens (tertiary/aromatic N) is 2. The summed E-state index contributed by atoms with van der Waals surface area (Å²) in [5, 5.41) is 0. The first-order chi connectivity index (χ1) is 10.8. The van der Waals surface area contributed by atoms with Crippen LogP contribution in [-0.2, 0) is 0 Å². The molecule has 0 aromatic heterocycles. The average molecular weight is 387 g/mol. The second-order valence-electron chi connectivity index (χ2n) is 8.67. The molecule has 3 aliphatic rings. The minimum Gasteiger partial charge on any atom is -1.00 e. The number of likely N-dealkylation sites (tertiary alicyclic amines) is 1. The van der Waals surface area contributed by atoms with Crippen molar-refractivity contribution >= 4 is 0 Å². The number of piperidine rings is 1. The Morgan fingerprint density at radius 1 is 0.696 bits per heavy atom. The van der Waals surface area contributed by atoms with Crippen LogP contribution in [0, 0.1) is 0 Å². The molecule has 1 heterocycles. The molecule has 23 heavy (non-hydrogen) atoms. The molecule has 0 N–H and O–H groups in total. The molecule has 1 aliphatic heterocycles. The van der Waals surface area contributed by atoms with Crippen LogP contribution in [0.5, 0.6) is 0 Å². The van der Waals surface area contributed by atoms with E-state index in [4.69, 9.17) is 0 Å². The third-order valence-electron chi connectivity index (χ3n) is 6.88. The normalized spacial score (nSPS) is 26.9. The highest BCUT2D eigenvalue weighted by Crippen LogP contribution is 2.30. The maximum Gasteiger partial charge on any atom is 0.0914 e. The van der Waals surface area contributed by atoms with Gasteiger partial charge in [-0.25, -0.2) is 0 Å². The van der Waals surface area contributed by atoms with Crippen molar-refractivity contribution in [3.8, 4) is 0 Å². The summed E-state index contributed by atoms with van der Waals surface area (Å²) in [4.78, 5) is 3.01. The smallest absolute Gasteiger partial charge is 0.0914 e. The lowest BCUT2D eigenvalue weighted by Crippen LogP contribution is -3.00. The second kappa shape index (κ2) is 9.77. The first kappa shape index (κ1) is 19.7. The van der Waals surface area contributed by atoms with Crippen molar-refractivity contribution in [1.82, 2.24) is 4.90 Å². The molecule has 0 amide bonds. The molecule has 3 heteroatoms. The van der Waals surface area contributed by atoms with Crippen LogP contribution in [0.2, 0.25) is 0 Å². The van der Waals surface area contributed by atoms with Crippen LogP contribution < -0.4 is 17.0 Å². The molecule has 1 saturated heterocycles. The van der Waals surface area contributed by atoms with Gasteiger partial charge in [0.05, 0.1) is 26.7 Å². The van der Waals surface area contributed by atoms with Gasteiger partial charge in [0.2, 0.25) is 0 Å². The molecule has 2 aliphatic carbocycles. The van der Waals surface area contributed by atoms with Gasteiger partial charge in [-0.3, -0.25) is 4.90 Å². The van der Waals surface area contributed by atoms with E-state index in [2.05, 4.69) is 11.9 Å². The van der Waals surface area contributed by atoms with Gasteiger partial charge in [0, 0.05) is 18.6 Å². The highest BCUT2D eigenvalue weighted by molar-refractivity contribution is 4.83. The van der Waals surface area contributed by atoms with E-state index in [0.717, 1.165) is 12.1 Å². The van der Waals surface area contributed by atoms with E-state index in [1.54, 1.807) is 0 Å². The zero-order chi connectivity index (χ0) is 15.3. The number of quaternary nitrogens is 1. The zero-order valence-electron chi connectivity index (χ0n) is 15.4. The number of rotatable bonds is 5. The Balaban J connectivity index is 0.00000192. The Bertz CT molecular complexity index is 298. The molecule has 0 aromatic carbocycles. The molecule has 0 spiro atoms. The zero-order valence-corrected chi connectivity index (χ0v) is 17.0. The van der Waals surface area contributed by atoms with Gasteiger partial charge in [-0.2, -0.15) is 0 Å². The van der Waals surface area contributed by atoms with Crippen molar-refractivity contribution in [2.75, 3.05) is 33.2 Å². The van der Waals surface area contributed by atoms with Crippen LogP contribution in [0.1, 0.15) is 83.5 Å². The van der Waals surface area contributed by atoms with Gasteiger partial charge in [0.15, 0.2) is 0 Å². The molecule has 3 fully saturated rings. The highest BCUT2D eigenvalue weighted by Gasteiger charge is 2.32. The summed E-state index contributed by atoms with van der Waals surface area (Å²) in [5.74, 6) is 0. The van der Waals surface area contributed by atoms with Crippen molar-refractivity contribution in [2.24, 2.45) is 0 Å². The third kappa shape index (κ3) is 5.71. The van der Waals surface area contributed by atoms with E-state index in [1.807, 2.05) is 0 Å². The van der Waals surface area contributed by atoms with E-state index in [9.17, 15) is 0 Å². The minimum absolute atomic E-state index is 0. The number of hydrogen-bond acceptors (Lipinski definition) is 1. The molecule has 136 valence electrons. The predicted octanol–water partition coefficient (Wildman–Crippen LogP) is 1.59. The topological polar surface area (TPSA) is 3.24 Å². The molecule has 0 atom stereocenters. The Morgan fingerprint density at radius 2 is 1.13 bits per heavy atom. The van der Waals surface area contributed by atoms with Crippen LogP contribution in [0.4, 0.5) is 0 Å².